The van der Waals surface area contributed by atoms with Crippen LogP contribution in [0.4, 0.5) is 0 Å². The molecule has 0 radical (unpaired) electrons. The molecule has 1 heterocycles. The Morgan fingerprint density at radius 1 is 1.14 bits per heavy atom. The van der Waals surface area contributed by atoms with Gasteiger partial charge in [0.05, 0.1) is 7.11 Å². The Bertz CT molecular complexity index is 1040. The van der Waals surface area contributed by atoms with Crippen molar-refractivity contribution in [2.24, 2.45) is 0 Å². The highest BCUT2D eigenvalue weighted by Gasteiger charge is 2.13. The summed E-state index contributed by atoms with van der Waals surface area (Å²) in [6.45, 7) is 1.51. The quantitative estimate of drug-likeness (QED) is 0.461. The summed E-state index contributed by atoms with van der Waals surface area (Å²) in [5.41, 5.74) is 2.08. The molecule has 0 atom stereocenters. The van der Waals surface area contributed by atoms with Crippen LogP contribution in [0.1, 0.15) is 28.6 Å². The van der Waals surface area contributed by atoms with Crippen molar-refractivity contribution < 1.29 is 28.6 Å². The number of benzene rings is 2. The van der Waals surface area contributed by atoms with Gasteiger partial charge in [0.25, 0.3) is 0 Å². The third-order valence-electron chi connectivity index (χ3n) is 4.23. The number of methoxy groups -OCH3 is 1. The number of furan rings is 1. The average molecular weight is 380 g/mol. The third kappa shape index (κ3) is 4.06. The minimum Gasteiger partial charge on any atom is -0.493 e. The van der Waals surface area contributed by atoms with Crippen molar-refractivity contribution in [3.63, 3.8) is 0 Å². The van der Waals surface area contributed by atoms with E-state index in [-0.39, 0.29) is 11.5 Å². The van der Waals surface area contributed by atoms with E-state index in [2.05, 4.69) is 0 Å². The van der Waals surface area contributed by atoms with Gasteiger partial charge in [0.2, 0.25) is 0 Å². The molecule has 0 aliphatic rings. The number of carbonyl (C=O) groups is 2. The number of aliphatic carboxylic acids is 1. The van der Waals surface area contributed by atoms with Crippen LogP contribution in [0.5, 0.6) is 11.5 Å². The third-order valence-corrected chi connectivity index (χ3v) is 4.23. The molecule has 0 aliphatic heterocycles. The predicted octanol–water partition coefficient (Wildman–Crippen LogP) is 4.36. The average Bonchev–Trinajstić information content (AvgIpc) is 3.07. The van der Waals surface area contributed by atoms with Crippen molar-refractivity contribution in [2.45, 2.75) is 13.3 Å². The molecule has 0 bridgehead atoms. The molecule has 6 nitrogen and oxygen atoms in total. The largest absolute Gasteiger partial charge is 0.493 e. The summed E-state index contributed by atoms with van der Waals surface area (Å²) >= 11 is 0. The Hall–Kier alpha value is -3.54. The van der Waals surface area contributed by atoms with E-state index in [9.17, 15) is 9.59 Å². The van der Waals surface area contributed by atoms with Crippen LogP contribution in [-0.2, 0) is 11.2 Å². The van der Waals surface area contributed by atoms with E-state index in [1.54, 1.807) is 12.1 Å². The molecular formula is C22H20O6. The van der Waals surface area contributed by atoms with Crippen molar-refractivity contribution in [3.05, 3.63) is 65.4 Å². The Morgan fingerprint density at radius 2 is 1.93 bits per heavy atom. The SMILES string of the molecule is CCc1oc2ccccc2c1/C=C/C(=O)c1ccc(OCC(=O)O)c(OC)c1. The summed E-state index contributed by atoms with van der Waals surface area (Å²) < 4.78 is 16.2. The molecule has 3 rings (SSSR count). The number of ketones is 1. The molecular weight excluding hydrogens is 360 g/mol. The molecule has 1 N–H and O–H groups in total. The minimum absolute atomic E-state index is 0.213. The van der Waals surface area contributed by atoms with Gasteiger partial charge in [0, 0.05) is 22.9 Å². The van der Waals surface area contributed by atoms with Crippen LogP contribution in [0.15, 0.2) is 53.0 Å². The zero-order chi connectivity index (χ0) is 20.1. The Labute approximate surface area is 162 Å². The smallest absolute Gasteiger partial charge is 0.341 e. The highest BCUT2D eigenvalue weighted by Crippen LogP contribution is 2.30. The van der Waals surface area contributed by atoms with Gasteiger partial charge in [0.1, 0.15) is 11.3 Å². The number of fused-ring (bicyclic) bond motifs is 1. The van der Waals surface area contributed by atoms with Gasteiger partial charge in [-0.25, -0.2) is 4.79 Å². The number of para-hydroxylation sites is 1. The van der Waals surface area contributed by atoms with E-state index < -0.39 is 12.6 Å². The first-order valence-corrected chi connectivity index (χ1v) is 8.79. The summed E-state index contributed by atoms with van der Waals surface area (Å²) in [5.74, 6) is 0.0721. The standard InChI is InChI=1S/C22H20O6/c1-3-18-16(15-6-4-5-7-19(15)28-18)9-10-17(23)14-8-11-20(21(12-14)26-2)27-13-22(24)25/h4-12H,3,13H2,1-2H3,(H,24,25)/b10-9+. The molecule has 0 saturated carbocycles. The van der Waals surface area contributed by atoms with Crippen LogP contribution >= 0.6 is 0 Å². The van der Waals surface area contributed by atoms with Crippen LogP contribution in [0.3, 0.4) is 0 Å². The number of hydrogen-bond donors (Lipinski definition) is 1. The zero-order valence-corrected chi connectivity index (χ0v) is 15.6. The number of allylic oxidation sites excluding steroid dienone is 1. The fraction of sp³-hybridized carbons (Fsp3) is 0.182. The molecule has 0 amide bonds. The summed E-state index contributed by atoms with van der Waals surface area (Å²) in [6, 6.07) is 12.3. The maximum absolute atomic E-state index is 12.6. The van der Waals surface area contributed by atoms with Crippen LogP contribution in [-0.4, -0.2) is 30.6 Å². The first-order chi connectivity index (χ1) is 13.5. The maximum atomic E-state index is 12.6. The van der Waals surface area contributed by atoms with Gasteiger partial charge in [-0.15, -0.1) is 0 Å². The molecule has 0 fully saturated rings. The second kappa shape index (κ2) is 8.43. The summed E-state index contributed by atoms with van der Waals surface area (Å²) in [7, 11) is 1.43. The molecule has 6 heteroatoms. The molecule has 3 aromatic rings. The van der Waals surface area contributed by atoms with Gasteiger partial charge in [-0.05, 0) is 36.4 Å². The number of carbonyl (C=O) groups excluding carboxylic acids is 1. The van der Waals surface area contributed by atoms with Crippen molar-refractivity contribution in [1.82, 2.24) is 0 Å². The molecule has 2 aromatic carbocycles. The molecule has 0 spiro atoms. The first-order valence-electron chi connectivity index (χ1n) is 8.79. The highest BCUT2D eigenvalue weighted by atomic mass is 16.5. The van der Waals surface area contributed by atoms with Crippen molar-refractivity contribution in [2.75, 3.05) is 13.7 Å². The fourth-order valence-corrected chi connectivity index (χ4v) is 2.90. The van der Waals surface area contributed by atoms with E-state index in [1.165, 1.54) is 25.3 Å². The fourth-order valence-electron chi connectivity index (χ4n) is 2.90. The number of aryl methyl sites for hydroxylation is 1. The van der Waals surface area contributed by atoms with E-state index in [0.717, 1.165) is 22.3 Å². The number of rotatable bonds is 8. The van der Waals surface area contributed by atoms with Gasteiger partial charge in [0.15, 0.2) is 23.9 Å². The minimum atomic E-state index is -1.09. The normalized spacial score (nSPS) is 11.1. The number of carboxylic acids is 1. The molecule has 1 aromatic heterocycles. The highest BCUT2D eigenvalue weighted by molar-refractivity contribution is 6.08. The lowest BCUT2D eigenvalue weighted by atomic mass is 10.1. The lowest BCUT2D eigenvalue weighted by Crippen LogP contribution is -2.10. The van der Waals surface area contributed by atoms with Crippen molar-refractivity contribution in [3.8, 4) is 11.5 Å². The lowest BCUT2D eigenvalue weighted by Gasteiger charge is -2.09. The zero-order valence-electron chi connectivity index (χ0n) is 15.6. The van der Waals surface area contributed by atoms with E-state index in [4.69, 9.17) is 19.0 Å². The van der Waals surface area contributed by atoms with Crippen molar-refractivity contribution in [1.29, 1.82) is 0 Å². The molecule has 0 aliphatic carbocycles. The monoisotopic (exact) mass is 380 g/mol. The van der Waals surface area contributed by atoms with Gasteiger partial charge in [-0.1, -0.05) is 25.1 Å². The Kier molecular flexibility index (Phi) is 5.79. The van der Waals surface area contributed by atoms with E-state index in [0.29, 0.717) is 17.7 Å². The van der Waals surface area contributed by atoms with Gasteiger partial charge >= 0.3 is 5.97 Å². The van der Waals surface area contributed by atoms with Gasteiger partial charge in [-0.3, -0.25) is 4.79 Å². The lowest BCUT2D eigenvalue weighted by molar-refractivity contribution is -0.139. The second-order valence-corrected chi connectivity index (χ2v) is 6.03. The van der Waals surface area contributed by atoms with Gasteiger partial charge in [-0.2, -0.15) is 0 Å². The topological polar surface area (TPSA) is 86.0 Å². The summed E-state index contributed by atoms with van der Waals surface area (Å²) in [5, 5.41) is 9.68. The Morgan fingerprint density at radius 3 is 2.64 bits per heavy atom. The molecule has 0 saturated heterocycles. The second-order valence-electron chi connectivity index (χ2n) is 6.03. The number of carboxylic acid groups (broad SMARTS) is 1. The molecule has 28 heavy (non-hydrogen) atoms. The van der Waals surface area contributed by atoms with E-state index >= 15 is 0 Å². The van der Waals surface area contributed by atoms with Crippen LogP contribution < -0.4 is 9.47 Å². The van der Waals surface area contributed by atoms with Crippen molar-refractivity contribution >= 4 is 28.8 Å². The Balaban J connectivity index is 1.86. The summed E-state index contributed by atoms with van der Waals surface area (Å²) in [6.07, 6.45) is 3.96. The molecule has 144 valence electrons. The summed E-state index contributed by atoms with van der Waals surface area (Å²) in [4.78, 5) is 23.3. The number of ether oxygens (including phenoxy) is 2. The molecule has 0 unspecified atom stereocenters. The maximum Gasteiger partial charge on any atom is 0.341 e. The first kappa shape index (κ1) is 19.2. The predicted molar refractivity (Wildman–Crippen MR) is 105 cm³/mol. The number of hydrogen-bond acceptors (Lipinski definition) is 5. The van der Waals surface area contributed by atoms with Crippen LogP contribution in [0.2, 0.25) is 0 Å². The van der Waals surface area contributed by atoms with Crippen LogP contribution in [0, 0.1) is 0 Å². The van der Waals surface area contributed by atoms with Crippen LogP contribution in [0.25, 0.3) is 17.0 Å². The van der Waals surface area contributed by atoms with Gasteiger partial charge < -0.3 is 19.0 Å². The van der Waals surface area contributed by atoms with E-state index in [1.807, 2.05) is 31.2 Å².